The van der Waals surface area contributed by atoms with Crippen molar-refractivity contribution in [3.63, 3.8) is 0 Å². The van der Waals surface area contributed by atoms with Crippen LogP contribution in [0.15, 0.2) is 6.20 Å². The minimum Gasteiger partial charge on any atom is -0.383 e. The van der Waals surface area contributed by atoms with Gasteiger partial charge in [-0.15, -0.1) is 0 Å². The minimum atomic E-state index is -0.540. The molecule has 0 aliphatic rings. The molecule has 0 fully saturated rings. The second-order valence-corrected chi connectivity index (χ2v) is 2.89. The number of nitrogens with two attached hydrogens (primary N) is 1. The average Bonchev–Trinajstić information content (AvgIpc) is 2.47. The van der Waals surface area contributed by atoms with Gasteiger partial charge >= 0.3 is 0 Å². The Morgan fingerprint density at radius 1 is 1.86 bits per heavy atom. The Kier molecular flexibility index (Phi) is 2.72. The van der Waals surface area contributed by atoms with Gasteiger partial charge < -0.3 is 11.1 Å². The highest BCUT2D eigenvalue weighted by Crippen LogP contribution is 2.08. The van der Waals surface area contributed by atoms with Gasteiger partial charge in [0.05, 0.1) is 12.3 Å². The number of hydrogen-bond donors (Lipinski definition) is 2. The number of nitrogens with one attached hydrogen (secondary N) is 1. The Morgan fingerprint density at radius 2 is 2.50 bits per heavy atom. The van der Waals surface area contributed by atoms with E-state index in [4.69, 9.17) is 11.0 Å². The summed E-state index contributed by atoms with van der Waals surface area (Å²) in [5.41, 5.74) is 5.86. The first kappa shape index (κ1) is 10.1. The fourth-order valence-electron chi connectivity index (χ4n) is 0.929. The lowest BCUT2D eigenvalue weighted by Gasteiger charge is -2.04. The lowest BCUT2D eigenvalue weighted by molar-refractivity contribution is 0.0948. The van der Waals surface area contributed by atoms with Crippen molar-refractivity contribution in [1.82, 2.24) is 15.1 Å². The molecule has 0 saturated carbocycles. The number of carbonyl (C=O) groups excluding carboxylic acids is 1. The quantitative estimate of drug-likeness (QED) is 0.670. The number of nitrogens with zero attached hydrogens (tertiary/aromatic N) is 3. The molecule has 1 rings (SSSR count). The van der Waals surface area contributed by atoms with Crippen LogP contribution in [0.2, 0.25) is 0 Å². The molecular formula is C8H11N5O. The summed E-state index contributed by atoms with van der Waals surface area (Å²) in [4.78, 5) is 11.5. The van der Waals surface area contributed by atoms with E-state index in [9.17, 15) is 4.79 Å². The second-order valence-electron chi connectivity index (χ2n) is 2.89. The maximum absolute atomic E-state index is 11.5. The normalized spacial score (nSPS) is 11.8. The van der Waals surface area contributed by atoms with Gasteiger partial charge in [-0.05, 0) is 6.92 Å². The Morgan fingerprint density at radius 3 is 2.93 bits per heavy atom. The van der Waals surface area contributed by atoms with Crippen LogP contribution >= 0.6 is 0 Å². The first-order chi connectivity index (χ1) is 6.56. The van der Waals surface area contributed by atoms with Crippen LogP contribution in [0.3, 0.4) is 0 Å². The standard InChI is InChI=1S/C8H11N5O/c1-5(3-9)12-8(14)6-4-11-13(2)7(6)10/h4-5H,10H2,1-2H3,(H,12,14). The minimum absolute atomic E-state index is 0.285. The van der Waals surface area contributed by atoms with Crippen molar-refractivity contribution >= 4 is 11.7 Å². The van der Waals surface area contributed by atoms with E-state index >= 15 is 0 Å². The third-order valence-corrected chi connectivity index (χ3v) is 1.77. The lowest BCUT2D eigenvalue weighted by Crippen LogP contribution is -2.31. The predicted octanol–water partition coefficient (Wildman–Crippen LogP) is -0.356. The number of amides is 1. The number of anilines is 1. The molecule has 1 amide bonds. The Hall–Kier alpha value is -2.03. The Labute approximate surface area is 81.3 Å². The number of rotatable bonds is 2. The third kappa shape index (κ3) is 1.82. The lowest BCUT2D eigenvalue weighted by atomic mass is 10.3. The van der Waals surface area contributed by atoms with Crippen molar-refractivity contribution in [2.75, 3.05) is 5.73 Å². The predicted molar refractivity (Wildman–Crippen MR) is 50.2 cm³/mol. The summed E-state index contributed by atoms with van der Waals surface area (Å²) < 4.78 is 1.39. The average molecular weight is 193 g/mol. The largest absolute Gasteiger partial charge is 0.383 e. The van der Waals surface area contributed by atoms with Crippen molar-refractivity contribution in [1.29, 1.82) is 5.26 Å². The topological polar surface area (TPSA) is 96.7 Å². The fraction of sp³-hybridized carbons (Fsp3) is 0.375. The zero-order chi connectivity index (χ0) is 10.7. The van der Waals surface area contributed by atoms with Crippen LogP contribution in [0.1, 0.15) is 17.3 Å². The van der Waals surface area contributed by atoms with Crippen LogP contribution in [0, 0.1) is 11.3 Å². The van der Waals surface area contributed by atoms with Crippen molar-refractivity contribution in [2.24, 2.45) is 7.05 Å². The number of carbonyl (C=O) groups is 1. The van der Waals surface area contributed by atoms with Gasteiger partial charge in [0.15, 0.2) is 0 Å². The SMILES string of the molecule is CC(C#N)NC(=O)c1cnn(C)c1N. The van der Waals surface area contributed by atoms with E-state index in [-0.39, 0.29) is 17.3 Å². The smallest absolute Gasteiger partial charge is 0.257 e. The number of nitriles is 1. The fourth-order valence-corrected chi connectivity index (χ4v) is 0.929. The zero-order valence-corrected chi connectivity index (χ0v) is 7.98. The van der Waals surface area contributed by atoms with Crippen LogP contribution < -0.4 is 11.1 Å². The highest BCUT2D eigenvalue weighted by molar-refractivity contribution is 5.98. The van der Waals surface area contributed by atoms with Crippen LogP contribution in [0.4, 0.5) is 5.82 Å². The summed E-state index contributed by atoms with van der Waals surface area (Å²) in [6.45, 7) is 1.59. The summed E-state index contributed by atoms with van der Waals surface area (Å²) in [6, 6.07) is 1.35. The molecule has 0 spiro atoms. The van der Waals surface area contributed by atoms with E-state index in [1.807, 2.05) is 6.07 Å². The second kappa shape index (κ2) is 3.79. The molecular weight excluding hydrogens is 182 g/mol. The highest BCUT2D eigenvalue weighted by Gasteiger charge is 2.14. The molecule has 6 heteroatoms. The van der Waals surface area contributed by atoms with E-state index in [2.05, 4.69) is 10.4 Å². The molecule has 0 aliphatic heterocycles. The van der Waals surface area contributed by atoms with E-state index in [1.54, 1.807) is 14.0 Å². The highest BCUT2D eigenvalue weighted by atomic mass is 16.1. The number of aryl methyl sites for hydroxylation is 1. The van der Waals surface area contributed by atoms with Gasteiger partial charge in [-0.25, -0.2) is 0 Å². The van der Waals surface area contributed by atoms with Crippen molar-refractivity contribution in [2.45, 2.75) is 13.0 Å². The Balaban J connectivity index is 2.81. The van der Waals surface area contributed by atoms with Crippen molar-refractivity contribution in [3.8, 4) is 6.07 Å². The summed E-state index contributed by atoms with van der Waals surface area (Å²) in [5, 5.41) is 14.8. The van der Waals surface area contributed by atoms with E-state index in [1.165, 1.54) is 10.9 Å². The summed E-state index contributed by atoms with van der Waals surface area (Å²) in [5.74, 6) is -0.0997. The third-order valence-electron chi connectivity index (χ3n) is 1.77. The molecule has 1 aromatic heterocycles. The first-order valence-electron chi connectivity index (χ1n) is 4.04. The van der Waals surface area contributed by atoms with Crippen molar-refractivity contribution in [3.05, 3.63) is 11.8 Å². The van der Waals surface area contributed by atoms with Gasteiger partial charge in [-0.3, -0.25) is 9.48 Å². The maximum Gasteiger partial charge on any atom is 0.257 e. The van der Waals surface area contributed by atoms with Gasteiger partial charge in [-0.2, -0.15) is 10.4 Å². The molecule has 1 unspecified atom stereocenters. The van der Waals surface area contributed by atoms with Crippen LogP contribution in [0.25, 0.3) is 0 Å². The van der Waals surface area contributed by atoms with Gasteiger partial charge in [0.1, 0.15) is 17.4 Å². The summed E-state index contributed by atoms with van der Waals surface area (Å²) in [6.07, 6.45) is 1.37. The molecule has 0 radical (unpaired) electrons. The van der Waals surface area contributed by atoms with Gasteiger partial charge in [0, 0.05) is 7.05 Å². The van der Waals surface area contributed by atoms with Crippen molar-refractivity contribution < 1.29 is 4.79 Å². The maximum atomic E-state index is 11.5. The Bertz CT molecular complexity index is 389. The van der Waals surface area contributed by atoms with Crippen LogP contribution in [0.5, 0.6) is 0 Å². The van der Waals surface area contributed by atoms with Crippen LogP contribution in [-0.4, -0.2) is 21.7 Å². The van der Waals surface area contributed by atoms with Gasteiger partial charge in [0.25, 0.3) is 5.91 Å². The zero-order valence-electron chi connectivity index (χ0n) is 7.98. The van der Waals surface area contributed by atoms with Gasteiger partial charge in [-0.1, -0.05) is 0 Å². The number of aromatic nitrogens is 2. The van der Waals surface area contributed by atoms with Gasteiger partial charge in [0.2, 0.25) is 0 Å². The van der Waals surface area contributed by atoms with E-state index in [0.717, 1.165) is 0 Å². The van der Waals surface area contributed by atoms with E-state index in [0.29, 0.717) is 0 Å². The monoisotopic (exact) mass is 193 g/mol. The molecule has 1 heterocycles. The first-order valence-corrected chi connectivity index (χ1v) is 4.04. The molecule has 6 nitrogen and oxygen atoms in total. The molecule has 3 N–H and O–H groups in total. The summed E-state index contributed by atoms with van der Waals surface area (Å²) in [7, 11) is 1.64. The molecule has 74 valence electrons. The molecule has 1 aromatic rings. The number of hydrogen-bond acceptors (Lipinski definition) is 4. The molecule has 0 aromatic carbocycles. The molecule has 0 bridgehead atoms. The van der Waals surface area contributed by atoms with E-state index < -0.39 is 6.04 Å². The molecule has 14 heavy (non-hydrogen) atoms. The summed E-state index contributed by atoms with van der Waals surface area (Å²) >= 11 is 0. The molecule has 0 aliphatic carbocycles. The molecule has 0 saturated heterocycles. The van der Waals surface area contributed by atoms with Crippen LogP contribution in [-0.2, 0) is 7.05 Å². The molecule has 1 atom stereocenters. The number of nitrogen functional groups attached to an aromatic ring is 1.